The van der Waals surface area contributed by atoms with Crippen molar-refractivity contribution in [2.24, 2.45) is 5.92 Å². The standard InChI is InChI=1S/C21H21ClN2O2/c22-18-8-4-6-16(14-18)11-12-20(25)24-13-5-7-17(15-24)21(26)23-19-9-2-1-3-10-19/h1-4,6,8-12,14,17H,5,7,13,15H2,(H,23,26)/b12-11+. The molecule has 1 aliphatic heterocycles. The quantitative estimate of drug-likeness (QED) is 0.821. The average molecular weight is 369 g/mol. The van der Waals surface area contributed by atoms with Gasteiger partial charge in [-0.1, -0.05) is 41.9 Å². The number of piperidine rings is 1. The third-order valence-corrected chi connectivity index (χ3v) is 4.65. The van der Waals surface area contributed by atoms with E-state index in [0.29, 0.717) is 18.1 Å². The highest BCUT2D eigenvalue weighted by molar-refractivity contribution is 6.30. The number of nitrogens with zero attached hydrogens (tertiary/aromatic N) is 1. The Morgan fingerprint density at radius 2 is 1.92 bits per heavy atom. The Hall–Kier alpha value is -2.59. The predicted octanol–water partition coefficient (Wildman–Crippen LogP) is 4.23. The van der Waals surface area contributed by atoms with Crippen LogP contribution in [0.5, 0.6) is 0 Å². The zero-order valence-corrected chi connectivity index (χ0v) is 15.2. The zero-order valence-electron chi connectivity index (χ0n) is 14.4. The minimum Gasteiger partial charge on any atom is -0.338 e. The van der Waals surface area contributed by atoms with Crippen molar-refractivity contribution in [2.75, 3.05) is 18.4 Å². The summed E-state index contributed by atoms with van der Waals surface area (Å²) in [5.74, 6) is -0.304. The van der Waals surface area contributed by atoms with Crippen LogP contribution in [0.25, 0.3) is 6.08 Å². The molecule has 134 valence electrons. The molecule has 5 heteroatoms. The van der Waals surface area contributed by atoms with E-state index in [1.165, 1.54) is 0 Å². The molecule has 0 bridgehead atoms. The van der Waals surface area contributed by atoms with Crippen molar-refractivity contribution in [3.63, 3.8) is 0 Å². The second-order valence-electron chi connectivity index (χ2n) is 6.37. The van der Waals surface area contributed by atoms with Gasteiger partial charge in [0.1, 0.15) is 0 Å². The summed E-state index contributed by atoms with van der Waals surface area (Å²) in [6, 6.07) is 16.7. The number of benzene rings is 2. The van der Waals surface area contributed by atoms with Crippen molar-refractivity contribution in [3.8, 4) is 0 Å². The van der Waals surface area contributed by atoms with Gasteiger partial charge in [-0.3, -0.25) is 9.59 Å². The minimum atomic E-state index is -0.188. The van der Waals surface area contributed by atoms with Crippen LogP contribution in [0.4, 0.5) is 5.69 Å². The molecular formula is C21H21ClN2O2. The molecule has 1 saturated heterocycles. The molecule has 4 nitrogen and oxygen atoms in total. The first kappa shape index (κ1) is 18.2. The van der Waals surface area contributed by atoms with E-state index in [1.54, 1.807) is 29.2 Å². The fourth-order valence-corrected chi connectivity index (χ4v) is 3.24. The minimum absolute atomic E-state index is 0.0347. The molecule has 3 rings (SSSR count). The molecule has 0 aromatic heterocycles. The second-order valence-corrected chi connectivity index (χ2v) is 6.80. The summed E-state index contributed by atoms with van der Waals surface area (Å²) in [6.07, 6.45) is 4.91. The van der Waals surface area contributed by atoms with Gasteiger partial charge in [0.15, 0.2) is 0 Å². The van der Waals surface area contributed by atoms with Gasteiger partial charge in [0.2, 0.25) is 11.8 Å². The van der Waals surface area contributed by atoms with Crippen molar-refractivity contribution >= 4 is 35.2 Å². The maximum Gasteiger partial charge on any atom is 0.246 e. The Balaban J connectivity index is 1.59. The van der Waals surface area contributed by atoms with Crippen LogP contribution in [-0.4, -0.2) is 29.8 Å². The van der Waals surface area contributed by atoms with Crippen molar-refractivity contribution < 1.29 is 9.59 Å². The molecule has 0 spiro atoms. The smallest absolute Gasteiger partial charge is 0.246 e. The van der Waals surface area contributed by atoms with Crippen molar-refractivity contribution in [1.82, 2.24) is 4.90 Å². The lowest BCUT2D eigenvalue weighted by Crippen LogP contribution is -2.43. The third-order valence-electron chi connectivity index (χ3n) is 4.41. The molecule has 1 atom stereocenters. The van der Waals surface area contributed by atoms with Gasteiger partial charge in [-0.25, -0.2) is 0 Å². The largest absolute Gasteiger partial charge is 0.338 e. The number of hydrogen-bond donors (Lipinski definition) is 1. The first-order chi connectivity index (χ1) is 12.6. The summed E-state index contributed by atoms with van der Waals surface area (Å²) in [5.41, 5.74) is 1.66. The lowest BCUT2D eigenvalue weighted by atomic mass is 9.97. The summed E-state index contributed by atoms with van der Waals surface area (Å²) < 4.78 is 0. The molecule has 2 aromatic rings. The number of hydrogen-bond acceptors (Lipinski definition) is 2. The average Bonchev–Trinajstić information content (AvgIpc) is 2.67. The fraction of sp³-hybridized carbons (Fsp3) is 0.238. The van der Waals surface area contributed by atoms with Crippen LogP contribution in [0, 0.1) is 5.92 Å². The number of amides is 2. The summed E-state index contributed by atoms with van der Waals surface area (Å²) in [6.45, 7) is 1.12. The Kier molecular flexibility index (Phi) is 6.08. The summed E-state index contributed by atoms with van der Waals surface area (Å²) in [4.78, 5) is 26.7. The van der Waals surface area contributed by atoms with Crippen molar-refractivity contribution in [2.45, 2.75) is 12.8 Å². The number of anilines is 1. The van der Waals surface area contributed by atoms with E-state index in [1.807, 2.05) is 42.5 Å². The Bertz CT molecular complexity index is 805. The lowest BCUT2D eigenvalue weighted by Gasteiger charge is -2.31. The first-order valence-electron chi connectivity index (χ1n) is 8.70. The van der Waals surface area contributed by atoms with Crippen molar-refractivity contribution in [3.05, 3.63) is 71.3 Å². The van der Waals surface area contributed by atoms with Crippen molar-refractivity contribution in [1.29, 1.82) is 0 Å². The van der Waals surface area contributed by atoms with Gasteiger partial charge in [-0.05, 0) is 48.7 Å². The van der Waals surface area contributed by atoms with E-state index >= 15 is 0 Å². The number of carbonyl (C=O) groups excluding carboxylic acids is 2. The Morgan fingerprint density at radius 3 is 2.69 bits per heavy atom. The normalized spacial score (nSPS) is 17.3. The van der Waals surface area contributed by atoms with E-state index in [2.05, 4.69) is 5.32 Å². The SMILES string of the molecule is O=C(Nc1ccccc1)C1CCCN(C(=O)/C=C/c2cccc(Cl)c2)C1. The van der Waals surface area contributed by atoms with Gasteiger partial charge in [0, 0.05) is 29.9 Å². The van der Waals surface area contributed by atoms with Crippen LogP contribution < -0.4 is 5.32 Å². The monoisotopic (exact) mass is 368 g/mol. The van der Waals surface area contributed by atoms with E-state index in [-0.39, 0.29) is 17.7 Å². The summed E-state index contributed by atoms with van der Waals surface area (Å²) >= 11 is 5.96. The van der Waals surface area contributed by atoms with Gasteiger partial charge in [0.25, 0.3) is 0 Å². The number of rotatable bonds is 4. The number of para-hydroxylation sites is 1. The zero-order chi connectivity index (χ0) is 18.4. The molecule has 2 amide bonds. The van der Waals surface area contributed by atoms with Gasteiger partial charge in [-0.2, -0.15) is 0 Å². The van der Waals surface area contributed by atoms with Gasteiger partial charge >= 0.3 is 0 Å². The van der Waals surface area contributed by atoms with E-state index in [4.69, 9.17) is 11.6 Å². The van der Waals surface area contributed by atoms with E-state index in [0.717, 1.165) is 24.1 Å². The van der Waals surface area contributed by atoms with E-state index < -0.39 is 0 Å². The fourth-order valence-electron chi connectivity index (χ4n) is 3.04. The van der Waals surface area contributed by atoms with Gasteiger partial charge < -0.3 is 10.2 Å². The van der Waals surface area contributed by atoms with Gasteiger partial charge in [-0.15, -0.1) is 0 Å². The third kappa shape index (κ3) is 4.96. The number of likely N-dealkylation sites (tertiary alicyclic amines) is 1. The number of nitrogens with one attached hydrogen (secondary N) is 1. The summed E-state index contributed by atoms with van der Waals surface area (Å²) in [5, 5.41) is 3.56. The highest BCUT2D eigenvalue weighted by atomic mass is 35.5. The molecular weight excluding hydrogens is 348 g/mol. The van der Waals surface area contributed by atoms with Gasteiger partial charge in [0.05, 0.1) is 5.92 Å². The van der Waals surface area contributed by atoms with Crippen LogP contribution in [0.2, 0.25) is 5.02 Å². The molecule has 26 heavy (non-hydrogen) atoms. The molecule has 1 unspecified atom stereocenters. The number of halogens is 1. The summed E-state index contributed by atoms with van der Waals surface area (Å²) in [7, 11) is 0. The van der Waals surface area contributed by atoms with Crippen LogP contribution >= 0.6 is 11.6 Å². The maximum absolute atomic E-state index is 12.5. The molecule has 1 N–H and O–H groups in total. The second kappa shape index (κ2) is 8.68. The Morgan fingerprint density at radius 1 is 1.12 bits per heavy atom. The molecule has 0 saturated carbocycles. The van der Waals surface area contributed by atoms with E-state index in [9.17, 15) is 9.59 Å². The Labute approximate surface area is 158 Å². The molecule has 1 aliphatic rings. The highest BCUT2D eigenvalue weighted by Crippen LogP contribution is 2.19. The molecule has 1 fully saturated rings. The number of carbonyl (C=O) groups is 2. The molecule has 2 aromatic carbocycles. The molecule has 1 heterocycles. The molecule has 0 radical (unpaired) electrons. The molecule has 0 aliphatic carbocycles. The lowest BCUT2D eigenvalue weighted by molar-refractivity contribution is -0.130. The van der Waals surface area contributed by atoms with Crippen LogP contribution in [0.3, 0.4) is 0 Å². The first-order valence-corrected chi connectivity index (χ1v) is 9.08. The maximum atomic E-state index is 12.5. The van der Waals surface area contributed by atoms with Crippen LogP contribution in [0.1, 0.15) is 18.4 Å². The highest BCUT2D eigenvalue weighted by Gasteiger charge is 2.27. The van der Waals surface area contributed by atoms with Crippen LogP contribution in [0.15, 0.2) is 60.7 Å². The predicted molar refractivity (Wildman–Crippen MR) is 105 cm³/mol. The topological polar surface area (TPSA) is 49.4 Å². The van der Waals surface area contributed by atoms with Crippen LogP contribution in [-0.2, 0) is 9.59 Å².